The molecular formula is C11H10ClNO2. The van der Waals surface area contributed by atoms with E-state index in [4.69, 9.17) is 16.3 Å². The molecule has 1 unspecified atom stereocenters. The first-order valence-corrected chi connectivity index (χ1v) is 4.86. The molecule has 1 N–H and O–H groups in total. The number of rotatable bonds is 2. The van der Waals surface area contributed by atoms with Crippen LogP contribution in [0.2, 0.25) is 5.15 Å². The fraction of sp³-hybridized carbons (Fsp3) is 0.182. The van der Waals surface area contributed by atoms with Crippen molar-refractivity contribution in [2.75, 3.05) is 7.11 Å². The Kier molecular flexibility index (Phi) is 2.86. The molecule has 0 aliphatic heterocycles. The molecule has 0 aliphatic carbocycles. The molecular weight excluding hydrogens is 214 g/mol. The van der Waals surface area contributed by atoms with Crippen LogP contribution in [0.3, 0.4) is 0 Å². The summed E-state index contributed by atoms with van der Waals surface area (Å²) in [5.74, 6) is 0. The second kappa shape index (κ2) is 4.14. The highest BCUT2D eigenvalue weighted by Gasteiger charge is 2.12. The van der Waals surface area contributed by atoms with E-state index < -0.39 is 6.29 Å². The van der Waals surface area contributed by atoms with Crippen LogP contribution < -0.4 is 0 Å². The number of methoxy groups -OCH3 is 1. The van der Waals surface area contributed by atoms with Gasteiger partial charge in [-0.05, 0) is 11.5 Å². The molecule has 3 nitrogen and oxygen atoms in total. The fourth-order valence-electron chi connectivity index (χ4n) is 1.49. The van der Waals surface area contributed by atoms with Crippen molar-refractivity contribution in [2.24, 2.45) is 0 Å². The molecule has 15 heavy (non-hydrogen) atoms. The van der Waals surface area contributed by atoms with Gasteiger partial charge in [0.05, 0.1) is 0 Å². The van der Waals surface area contributed by atoms with Crippen LogP contribution in [0, 0.1) is 0 Å². The molecule has 0 aliphatic rings. The van der Waals surface area contributed by atoms with Crippen molar-refractivity contribution in [1.29, 1.82) is 0 Å². The summed E-state index contributed by atoms with van der Waals surface area (Å²) in [7, 11) is 1.42. The summed E-state index contributed by atoms with van der Waals surface area (Å²) < 4.78 is 4.83. The van der Waals surface area contributed by atoms with Crippen molar-refractivity contribution in [2.45, 2.75) is 6.29 Å². The Bertz CT molecular complexity index is 487. The van der Waals surface area contributed by atoms with Gasteiger partial charge in [0, 0.05) is 12.5 Å². The van der Waals surface area contributed by atoms with E-state index in [2.05, 4.69) is 4.98 Å². The summed E-state index contributed by atoms with van der Waals surface area (Å²) in [4.78, 5) is 4.06. The number of pyridine rings is 1. The second-order valence-corrected chi connectivity index (χ2v) is 3.53. The second-order valence-electron chi connectivity index (χ2n) is 3.14. The predicted octanol–water partition coefficient (Wildman–Crippen LogP) is 2.53. The lowest BCUT2D eigenvalue weighted by Gasteiger charge is -2.11. The van der Waals surface area contributed by atoms with Crippen LogP contribution in [0.5, 0.6) is 0 Å². The Labute approximate surface area is 92.3 Å². The number of benzene rings is 1. The molecule has 78 valence electrons. The molecule has 0 fully saturated rings. The lowest BCUT2D eigenvalue weighted by Crippen LogP contribution is -2.03. The van der Waals surface area contributed by atoms with E-state index in [1.165, 1.54) is 7.11 Å². The van der Waals surface area contributed by atoms with E-state index in [-0.39, 0.29) is 0 Å². The Hall–Kier alpha value is -1.16. The molecule has 0 spiro atoms. The molecule has 2 rings (SSSR count). The topological polar surface area (TPSA) is 42.4 Å². The first kappa shape index (κ1) is 10.4. The van der Waals surface area contributed by atoms with E-state index in [1.807, 2.05) is 24.3 Å². The van der Waals surface area contributed by atoms with Gasteiger partial charge in [0.1, 0.15) is 10.8 Å². The number of ether oxygens (including phenoxy) is 1. The number of nitrogens with zero attached hydrogens (tertiary/aromatic N) is 1. The van der Waals surface area contributed by atoms with Crippen molar-refractivity contribution in [3.05, 3.63) is 41.2 Å². The Morgan fingerprint density at radius 3 is 2.87 bits per heavy atom. The van der Waals surface area contributed by atoms with Crippen molar-refractivity contribution in [3.8, 4) is 0 Å². The van der Waals surface area contributed by atoms with Gasteiger partial charge < -0.3 is 9.84 Å². The van der Waals surface area contributed by atoms with Crippen molar-refractivity contribution in [3.63, 3.8) is 0 Å². The fourth-order valence-corrected chi connectivity index (χ4v) is 1.70. The Balaban J connectivity index is 2.71. The minimum atomic E-state index is -1.05. The van der Waals surface area contributed by atoms with Crippen molar-refractivity contribution in [1.82, 2.24) is 4.98 Å². The van der Waals surface area contributed by atoms with Crippen LogP contribution >= 0.6 is 11.6 Å². The molecule has 4 heteroatoms. The number of hydrogen-bond acceptors (Lipinski definition) is 3. The molecule has 0 radical (unpaired) electrons. The molecule has 1 aromatic carbocycles. The van der Waals surface area contributed by atoms with Crippen LogP contribution in [-0.4, -0.2) is 17.2 Å². The minimum Gasteiger partial charge on any atom is -0.363 e. The largest absolute Gasteiger partial charge is 0.363 e. The van der Waals surface area contributed by atoms with Crippen LogP contribution in [0.4, 0.5) is 0 Å². The van der Waals surface area contributed by atoms with Gasteiger partial charge in [0.25, 0.3) is 0 Å². The predicted molar refractivity (Wildman–Crippen MR) is 58.7 cm³/mol. The van der Waals surface area contributed by atoms with E-state index >= 15 is 0 Å². The number of hydrogen-bond donors (Lipinski definition) is 1. The van der Waals surface area contributed by atoms with Gasteiger partial charge in [-0.25, -0.2) is 4.98 Å². The van der Waals surface area contributed by atoms with Crippen molar-refractivity contribution >= 4 is 22.4 Å². The molecule has 1 atom stereocenters. The smallest absolute Gasteiger partial charge is 0.198 e. The third kappa shape index (κ3) is 1.95. The van der Waals surface area contributed by atoms with Crippen LogP contribution in [0.25, 0.3) is 10.8 Å². The first-order valence-electron chi connectivity index (χ1n) is 4.48. The van der Waals surface area contributed by atoms with E-state index in [1.54, 1.807) is 6.07 Å². The van der Waals surface area contributed by atoms with Crippen LogP contribution in [0.1, 0.15) is 12.0 Å². The normalized spacial score (nSPS) is 13.0. The maximum absolute atomic E-state index is 9.61. The summed E-state index contributed by atoms with van der Waals surface area (Å²) >= 11 is 5.85. The van der Waals surface area contributed by atoms with Gasteiger partial charge in [-0.15, -0.1) is 0 Å². The summed E-state index contributed by atoms with van der Waals surface area (Å²) in [5.41, 5.74) is 0.445. The molecule has 0 saturated carbocycles. The van der Waals surface area contributed by atoms with Gasteiger partial charge in [0.2, 0.25) is 0 Å². The molecule has 0 saturated heterocycles. The van der Waals surface area contributed by atoms with Crippen LogP contribution in [0.15, 0.2) is 30.3 Å². The van der Waals surface area contributed by atoms with E-state index in [9.17, 15) is 5.11 Å². The molecule has 2 aromatic rings. The van der Waals surface area contributed by atoms with Gasteiger partial charge in [-0.1, -0.05) is 35.9 Å². The Morgan fingerprint density at radius 2 is 2.13 bits per heavy atom. The highest BCUT2D eigenvalue weighted by atomic mass is 35.5. The van der Waals surface area contributed by atoms with Gasteiger partial charge in [0.15, 0.2) is 6.29 Å². The molecule has 1 heterocycles. The quantitative estimate of drug-likeness (QED) is 0.629. The maximum Gasteiger partial charge on any atom is 0.198 e. The summed E-state index contributed by atoms with van der Waals surface area (Å²) in [6.07, 6.45) is -1.05. The molecule has 1 aromatic heterocycles. The number of fused-ring (bicyclic) bond motifs is 1. The molecule has 0 bridgehead atoms. The lowest BCUT2D eigenvalue weighted by molar-refractivity contribution is -0.0787. The number of aromatic nitrogens is 1. The Morgan fingerprint density at radius 1 is 1.40 bits per heavy atom. The zero-order valence-corrected chi connectivity index (χ0v) is 8.90. The average molecular weight is 224 g/mol. The first-order chi connectivity index (χ1) is 7.22. The number of halogens is 1. The summed E-state index contributed by atoms with van der Waals surface area (Å²) in [6.45, 7) is 0. The van der Waals surface area contributed by atoms with E-state index in [0.717, 1.165) is 10.8 Å². The van der Waals surface area contributed by atoms with Crippen molar-refractivity contribution < 1.29 is 9.84 Å². The monoisotopic (exact) mass is 223 g/mol. The average Bonchev–Trinajstić information content (AvgIpc) is 2.26. The lowest BCUT2D eigenvalue weighted by atomic mass is 10.1. The van der Waals surface area contributed by atoms with Gasteiger partial charge in [-0.2, -0.15) is 0 Å². The van der Waals surface area contributed by atoms with Gasteiger partial charge >= 0.3 is 0 Å². The maximum atomic E-state index is 9.61. The van der Waals surface area contributed by atoms with Gasteiger partial charge in [-0.3, -0.25) is 0 Å². The zero-order chi connectivity index (χ0) is 10.8. The van der Waals surface area contributed by atoms with E-state index in [0.29, 0.717) is 10.8 Å². The summed E-state index contributed by atoms with van der Waals surface area (Å²) in [5, 5.41) is 11.7. The zero-order valence-electron chi connectivity index (χ0n) is 8.14. The number of aliphatic hydroxyl groups excluding tert-OH is 1. The number of aliphatic hydroxyl groups is 1. The highest BCUT2D eigenvalue weighted by molar-refractivity contribution is 6.30. The highest BCUT2D eigenvalue weighted by Crippen LogP contribution is 2.25. The SMILES string of the molecule is COC(O)c1nc(Cl)cc2ccccc12. The minimum absolute atomic E-state index is 0.347. The standard InChI is InChI=1S/C11H10ClNO2/c1-15-11(14)10-8-5-3-2-4-7(8)6-9(12)13-10/h2-6,11,14H,1H3. The third-order valence-electron chi connectivity index (χ3n) is 2.20. The summed E-state index contributed by atoms with van der Waals surface area (Å²) in [6, 6.07) is 9.32. The van der Waals surface area contributed by atoms with Crippen LogP contribution in [-0.2, 0) is 4.74 Å². The molecule has 0 amide bonds. The third-order valence-corrected chi connectivity index (χ3v) is 2.39.